The summed E-state index contributed by atoms with van der Waals surface area (Å²) in [5.41, 5.74) is 2.85. The Kier molecular flexibility index (Phi) is 33.5. The number of Topliss-reactive ketones (excluding diaryl/α,β-unsaturated/α-hetero) is 1. The lowest BCUT2D eigenvalue weighted by Gasteiger charge is -2.12. The van der Waals surface area contributed by atoms with Gasteiger partial charge in [0, 0.05) is 43.0 Å². The number of benzene rings is 13. The van der Waals surface area contributed by atoms with E-state index in [4.69, 9.17) is 17.1 Å². The highest BCUT2D eigenvalue weighted by Gasteiger charge is 2.32. The molecule has 0 saturated carbocycles. The van der Waals surface area contributed by atoms with Crippen LogP contribution in [0.4, 0.5) is 13.2 Å². The normalized spacial score (nSPS) is 12.4. The summed E-state index contributed by atoms with van der Waals surface area (Å²) in [4.78, 5) is 28.0. The number of carbonyl (C=O) groups excluding carboxylic acids is 2. The Morgan fingerprint density at radius 3 is 1.28 bits per heavy atom. The molecule has 0 spiro atoms. The molecule has 0 aliphatic heterocycles. The first-order valence-corrected chi connectivity index (χ1v) is 45.2. The standard InChI is InChI=1S/C27H29NO4S2.C26H20N2O6S2.C21H15F3N2O4S.C18H15NO2S/c1-3-4-5-9-12-26(28-32-34(30,31)25-19-13-21(2)14-20-25)27(29)22-15-17-24(18-16-22)33-23-10-7-6-8-11-23;29-35(30,23-17-9-3-10-18-23)33-27-25(21-13-5-1-6-14-21)26(22-15-7-2-8-16-22)28-34-36(31,32)24-19-11-4-12-20-24;22-21(23,24)17-11-7-10-16(14-17)19(25-20(27)15-8-3-1-4-9-15)26-30-31(28,29)18-12-5-2-6-13-18;1-14(15-8-3-2-4-9-15)19-21-22(20)18-13-7-11-16-10-5-6-12-17(16)18/h6-8,10-11,13-20H,3-5,9,12H2,1-2H3;1-20H;1-14H,(H,25,26,27);2-13H,1H3/b28-26+;27-25-,28-26-;;19-14+. The molecule has 0 aliphatic rings. The van der Waals surface area contributed by atoms with Gasteiger partial charge in [-0.15, -0.1) is 0 Å². The summed E-state index contributed by atoms with van der Waals surface area (Å²) in [6.45, 7) is 5.80. The van der Waals surface area contributed by atoms with Crippen LogP contribution in [0.5, 0.6) is 0 Å². The number of ketones is 1. The van der Waals surface area contributed by atoms with E-state index in [-0.39, 0.29) is 53.6 Å². The second-order valence-electron chi connectivity index (χ2n) is 26.3. The van der Waals surface area contributed by atoms with E-state index in [0.717, 1.165) is 75.6 Å². The highest BCUT2D eigenvalue weighted by molar-refractivity contribution is 7.99. The molecule has 13 rings (SSSR count). The van der Waals surface area contributed by atoms with Gasteiger partial charge in [-0.2, -0.15) is 46.8 Å². The van der Waals surface area contributed by atoms with Crippen molar-refractivity contribution in [3.63, 3.8) is 0 Å². The average Bonchev–Trinajstić information content (AvgIpc) is 0.846. The number of carbonyl (C=O) groups is 2. The Hall–Kier alpha value is -13.3. The fraction of sp³-hybridized carbons (Fsp3) is 0.0978. The molecule has 0 bridgehead atoms. The zero-order valence-electron chi connectivity index (χ0n) is 66.0. The number of amides is 1. The number of fused-ring (bicyclic) bond motifs is 1. The first-order valence-electron chi connectivity index (χ1n) is 37.6. The number of unbranched alkanes of at least 4 members (excludes halogenated alkanes) is 3. The van der Waals surface area contributed by atoms with Crippen LogP contribution in [0.2, 0.25) is 0 Å². The molecule has 31 heteroatoms. The molecule has 13 aromatic carbocycles. The van der Waals surface area contributed by atoms with Crippen molar-refractivity contribution in [2.45, 2.75) is 93.3 Å². The maximum Gasteiger partial charge on any atom is 0.416 e. The molecular weight excluding hydrogens is 1690 g/mol. The van der Waals surface area contributed by atoms with E-state index < -0.39 is 75.0 Å². The van der Waals surface area contributed by atoms with Gasteiger partial charge in [0.05, 0.1) is 16.2 Å². The fourth-order valence-corrected chi connectivity index (χ4v) is 15.6. The number of alkyl halides is 3. The van der Waals surface area contributed by atoms with Crippen molar-refractivity contribution >= 4 is 114 Å². The van der Waals surface area contributed by atoms with Gasteiger partial charge in [0.15, 0.2) is 5.84 Å². The number of rotatable bonds is 30. The summed E-state index contributed by atoms with van der Waals surface area (Å²) in [5, 5.41) is 23.4. The monoisotopic (exact) mass is 1770 g/mol. The van der Waals surface area contributed by atoms with Gasteiger partial charge in [-0.25, -0.2) is 4.21 Å². The van der Waals surface area contributed by atoms with Gasteiger partial charge < -0.3 is 5.32 Å². The van der Waals surface area contributed by atoms with E-state index >= 15 is 0 Å². The number of halogens is 3. The maximum atomic E-state index is 13.2. The molecule has 0 fully saturated rings. The third-order valence-corrected chi connectivity index (χ3v) is 23.8. The molecular formula is C92H79F3N6O16S6. The van der Waals surface area contributed by atoms with Gasteiger partial charge in [-0.05, 0) is 158 Å². The van der Waals surface area contributed by atoms with Gasteiger partial charge in [0.1, 0.15) is 36.7 Å². The molecule has 123 heavy (non-hydrogen) atoms. The van der Waals surface area contributed by atoms with E-state index in [9.17, 15) is 60.6 Å². The van der Waals surface area contributed by atoms with Crippen LogP contribution < -0.4 is 5.32 Å². The highest BCUT2D eigenvalue weighted by atomic mass is 32.2. The van der Waals surface area contributed by atoms with E-state index in [1.54, 1.807) is 163 Å². The Morgan fingerprint density at radius 2 is 0.797 bits per heavy atom. The van der Waals surface area contributed by atoms with Crippen molar-refractivity contribution in [2.75, 3.05) is 0 Å². The molecule has 1 atom stereocenters. The topological polar surface area (TPSA) is 308 Å². The van der Waals surface area contributed by atoms with Gasteiger partial charge in [-0.3, -0.25) is 31.0 Å². The lowest BCUT2D eigenvalue weighted by molar-refractivity contribution is -0.137. The van der Waals surface area contributed by atoms with Gasteiger partial charge in [0.2, 0.25) is 5.78 Å². The first kappa shape index (κ1) is 92.0. The lowest BCUT2D eigenvalue weighted by Crippen LogP contribution is -2.32. The number of oxime groups is 5. The zero-order valence-corrected chi connectivity index (χ0v) is 70.8. The van der Waals surface area contributed by atoms with E-state index in [2.05, 4.69) is 42.3 Å². The third kappa shape index (κ3) is 27.9. The molecule has 0 aromatic heterocycles. The van der Waals surface area contributed by atoms with Crippen LogP contribution in [0.1, 0.15) is 100 Å². The van der Waals surface area contributed by atoms with Gasteiger partial charge in [-0.1, -0.05) is 307 Å². The minimum atomic E-state index is -4.65. The maximum absolute atomic E-state index is 13.2. The molecule has 1 N–H and O–H groups in total. The predicted octanol–water partition coefficient (Wildman–Crippen LogP) is 20.2. The van der Waals surface area contributed by atoms with Crippen molar-refractivity contribution in [1.29, 1.82) is 0 Å². The molecule has 630 valence electrons. The zero-order chi connectivity index (χ0) is 87.7. The number of nitrogens with one attached hydrogen (secondary N) is 1. The SMILES string of the molecule is C/C(=N\OS(=O)c1cccc2ccccc12)c1ccccc1.CCCCCC/C(=N\OS(=O)(=O)c1ccc(C)cc1)C(=O)c1ccc(Sc2ccccc2)cc1.O=C(N/C(=N\OS(=O)(=O)c1ccccc1)c1cccc(C(F)(F)F)c1)c1ccccc1.O=S(=O)(O/N=C(\C(=N/OS(=O)(=O)c1ccccc1)c1ccccc1)c1ccccc1)c1ccccc1. The largest absolute Gasteiger partial charge is 0.416 e. The van der Waals surface area contributed by atoms with Crippen molar-refractivity contribution in [3.05, 3.63) is 402 Å². The van der Waals surface area contributed by atoms with E-state index in [1.165, 1.54) is 78.9 Å². The Bertz CT molecular complexity index is 6240. The second-order valence-corrected chi connectivity index (χ2v) is 34.6. The van der Waals surface area contributed by atoms with Crippen molar-refractivity contribution in [1.82, 2.24) is 5.32 Å². The molecule has 0 aliphatic carbocycles. The molecule has 0 heterocycles. The summed E-state index contributed by atoms with van der Waals surface area (Å²) < 4.78 is 177. The lowest BCUT2D eigenvalue weighted by atomic mass is 10.0. The molecule has 0 radical (unpaired) electrons. The van der Waals surface area contributed by atoms with Crippen molar-refractivity contribution < 1.29 is 82.1 Å². The van der Waals surface area contributed by atoms with Gasteiger partial charge in [0.25, 0.3) is 17.0 Å². The number of aryl methyl sites for hydroxylation is 1. The average molecular weight is 1770 g/mol. The summed E-state index contributed by atoms with van der Waals surface area (Å²) in [5.74, 6) is -1.54. The number of hydrogen-bond acceptors (Lipinski definition) is 22. The van der Waals surface area contributed by atoms with Crippen LogP contribution in [0.25, 0.3) is 10.8 Å². The smallest absolute Gasteiger partial charge is 0.303 e. The van der Waals surface area contributed by atoms with Crippen LogP contribution in [-0.4, -0.2) is 78.3 Å². The Morgan fingerprint density at radius 1 is 0.398 bits per heavy atom. The second kappa shape index (κ2) is 44.8. The molecule has 1 amide bonds. The third-order valence-electron chi connectivity index (χ3n) is 17.4. The van der Waals surface area contributed by atoms with Crippen molar-refractivity contribution in [3.8, 4) is 0 Å². The van der Waals surface area contributed by atoms with E-state index in [1.807, 2.05) is 123 Å². The Balaban J connectivity index is 0.000000174. The minimum absolute atomic E-state index is 0.00178. The molecule has 22 nitrogen and oxygen atoms in total. The predicted molar refractivity (Wildman–Crippen MR) is 469 cm³/mol. The van der Waals surface area contributed by atoms with Crippen LogP contribution in [0, 0.1) is 6.92 Å². The van der Waals surface area contributed by atoms with Crippen molar-refractivity contribution in [2.24, 2.45) is 25.8 Å². The van der Waals surface area contributed by atoms with Gasteiger partial charge >= 0.3 is 46.6 Å². The summed E-state index contributed by atoms with van der Waals surface area (Å²) in [6, 6.07) is 97.3. The summed E-state index contributed by atoms with van der Waals surface area (Å²) in [7, 11) is -17.0. The van der Waals surface area contributed by atoms with Crippen LogP contribution in [0.15, 0.2) is 418 Å². The fourth-order valence-electron chi connectivity index (χ4n) is 11.0. The minimum Gasteiger partial charge on any atom is -0.303 e. The number of amidine groups is 1. The highest BCUT2D eigenvalue weighted by Crippen LogP contribution is 2.32. The summed E-state index contributed by atoms with van der Waals surface area (Å²) >= 11 is -0.0374. The van der Waals surface area contributed by atoms with Crippen LogP contribution in [-0.2, 0) is 79.1 Å². The number of hydrogen-bond donors (Lipinski definition) is 1. The Labute approximate surface area is 718 Å². The quantitative estimate of drug-likeness (QED) is 0.0144. The molecule has 0 saturated heterocycles. The van der Waals surface area contributed by atoms with Crippen LogP contribution in [0.3, 0.4) is 0 Å². The summed E-state index contributed by atoms with van der Waals surface area (Å²) in [6.07, 6.45) is -0.548. The molecule has 13 aromatic rings. The molecule has 1 unspecified atom stereocenters. The first-order chi connectivity index (χ1) is 59.2. The van der Waals surface area contributed by atoms with Crippen LogP contribution >= 0.6 is 11.8 Å². The van der Waals surface area contributed by atoms with E-state index in [0.29, 0.717) is 33.7 Å². The number of nitrogens with zero attached hydrogens (tertiary/aromatic N) is 5.